The van der Waals surface area contributed by atoms with Crippen LogP contribution in [0.3, 0.4) is 0 Å². The number of allylic oxidation sites excluding steroid dienone is 1. The molecule has 0 aromatic carbocycles. The molecule has 0 fully saturated rings. The largest absolute Gasteiger partial charge is 0.288 e. The number of hydrogen-bond donors (Lipinski definition) is 1. The molecule has 0 saturated heterocycles. The van der Waals surface area contributed by atoms with E-state index in [1.165, 1.54) is 11.8 Å². The third kappa shape index (κ3) is 2.90. The number of rotatable bonds is 4. The maximum atomic E-state index is 13.1. The van der Waals surface area contributed by atoms with E-state index in [0.717, 1.165) is 43.7 Å². The summed E-state index contributed by atoms with van der Waals surface area (Å²) in [6.07, 6.45) is 6.68. The van der Waals surface area contributed by atoms with Crippen LogP contribution in [0.5, 0.6) is 0 Å². The molecule has 5 nitrogen and oxygen atoms in total. The van der Waals surface area contributed by atoms with Gasteiger partial charge >= 0.3 is 0 Å². The lowest BCUT2D eigenvalue weighted by molar-refractivity contribution is 0.693. The Morgan fingerprint density at radius 1 is 1.36 bits per heavy atom. The van der Waals surface area contributed by atoms with Crippen LogP contribution in [-0.2, 0) is 17.2 Å². The highest BCUT2D eigenvalue weighted by Gasteiger charge is 2.36. The Labute approximate surface area is 157 Å². The zero-order valence-electron chi connectivity index (χ0n) is 13.5. The summed E-state index contributed by atoms with van der Waals surface area (Å²) < 4.78 is 14.0. The highest BCUT2D eigenvalue weighted by atomic mass is 35.5. The van der Waals surface area contributed by atoms with Gasteiger partial charge in [-0.25, -0.2) is 9.19 Å². The fourth-order valence-electron chi connectivity index (χ4n) is 3.14. The van der Waals surface area contributed by atoms with Crippen molar-refractivity contribution in [1.29, 1.82) is 0 Å². The van der Waals surface area contributed by atoms with E-state index in [-0.39, 0.29) is 0 Å². The summed E-state index contributed by atoms with van der Waals surface area (Å²) in [4.78, 5) is 9.70. The summed E-state index contributed by atoms with van der Waals surface area (Å²) in [5.74, 6) is 0. The van der Waals surface area contributed by atoms with Crippen LogP contribution >= 0.6 is 23.4 Å². The smallest absolute Gasteiger partial charge is 0.132 e. The van der Waals surface area contributed by atoms with Crippen molar-refractivity contribution >= 4 is 44.8 Å². The van der Waals surface area contributed by atoms with Crippen molar-refractivity contribution in [3.8, 4) is 0 Å². The van der Waals surface area contributed by atoms with Crippen LogP contribution < -0.4 is 0 Å². The second-order valence-corrected chi connectivity index (χ2v) is 8.41. The summed E-state index contributed by atoms with van der Waals surface area (Å²) >= 11 is 7.74. The molecule has 1 unspecified atom stereocenters. The standard InChI is InChI=1S/C17H15ClN4OS2/c1-24-17-14-11(15(25(17)23)12-5-8-21-22-12)4-7-19-13(14)9-10-3-2-6-20-16(10)18/h2-3,5-6,8H,4,7,9H2,1H3,(H,21,22). The number of aliphatic imine (C=N–C) groups is 1. The van der Waals surface area contributed by atoms with Crippen LogP contribution in [0.4, 0.5) is 0 Å². The molecule has 0 aliphatic carbocycles. The van der Waals surface area contributed by atoms with Crippen LogP contribution in [0.2, 0.25) is 5.15 Å². The van der Waals surface area contributed by atoms with Crippen molar-refractivity contribution in [2.75, 3.05) is 12.8 Å². The first-order valence-electron chi connectivity index (χ1n) is 7.77. The lowest BCUT2D eigenvalue weighted by Crippen LogP contribution is -2.16. The molecule has 128 valence electrons. The lowest BCUT2D eigenvalue weighted by Gasteiger charge is -2.18. The van der Waals surface area contributed by atoms with Gasteiger partial charge in [-0.05, 0) is 35.9 Å². The van der Waals surface area contributed by atoms with Gasteiger partial charge in [-0.15, -0.1) is 11.8 Å². The maximum absolute atomic E-state index is 13.1. The molecule has 0 radical (unpaired) electrons. The van der Waals surface area contributed by atoms with Gasteiger partial charge in [0.1, 0.15) is 5.15 Å². The molecule has 4 rings (SSSR count). The number of hydrogen-bond acceptors (Lipinski definition) is 5. The molecule has 2 aliphatic rings. The van der Waals surface area contributed by atoms with Gasteiger partial charge in [-0.2, -0.15) is 5.10 Å². The average Bonchev–Trinajstić information content (AvgIpc) is 3.22. The minimum atomic E-state index is -1.21. The number of H-pyrrole nitrogens is 1. The monoisotopic (exact) mass is 390 g/mol. The predicted molar refractivity (Wildman–Crippen MR) is 104 cm³/mol. The van der Waals surface area contributed by atoms with Crippen LogP contribution in [0.15, 0.2) is 51.0 Å². The van der Waals surface area contributed by atoms with E-state index in [2.05, 4.69) is 15.2 Å². The summed E-state index contributed by atoms with van der Waals surface area (Å²) in [5, 5.41) is 7.45. The molecule has 0 saturated carbocycles. The normalized spacial score (nSPS) is 20.1. The quantitative estimate of drug-likeness (QED) is 0.810. The molecule has 2 aromatic heterocycles. The number of fused-ring (bicyclic) bond motifs is 1. The molecule has 2 aromatic rings. The Bertz CT molecular complexity index is 947. The topological polar surface area (TPSA) is 71.0 Å². The van der Waals surface area contributed by atoms with Gasteiger partial charge in [0.2, 0.25) is 0 Å². The molecule has 8 heteroatoms. The van der Waals surface area contributed by atoms with Crippen LogP contribution in [0, 0.1) is 0 Å². The van der Waals surface area contributed by atoms with E-state index in [4.69, 9.17) is 16.6 Å². The Morgan fingerprint density at radius 2 is 2.24 bits per heavy atom. The van der Waals surface area contributed by atoms with E-state index < -0.39 is 10.8 Å². The van der Waals surface area contributed by atoms with Crippen molar-refractivity contribution in [3.05, 3.63) is 62.4 Å². The van der Waals surface area contributed by atoms with Crippen LogP contribution in [0.1, 0.15) is 17.7 Å². The second-order valence-electron chi connectivity index (χ2n) is 5.62. The van der Waals surface area contributed by atoms with Gasteiger partial charge in [0.25, 0.3) is 0 Å². The number of pyridine rings is 1. The Balaban J connectivity index is 1.80. The summed E-state index contributed by atoms with van der Waals surface area (Å²) in [7, 11) is -1.21. The Hall–Kier alpha value is -1.70. The van der Waals surface area contributed by atoms with Gasteiger partial charge in [0.05, 0.1) is 25.6 Å². The Kier molecular flexibility index (Phi) is 4.62. The third-order valence-electron chi connectivity index (χ3n) is 4.21. The first-order chi connectivity index (χ1) is 12.2. The van der Waals surface area contributed by atoms with E-state index in [0.29, 0.717) is 18.1 Å². The van der Waals surface area contributed by atoms with Gasteiger partial charge in [-0.3, -0.25) is 10.1 Å². The minimum absolute atomic E-state index is 0.487. The molecule has 1 atom stereocenters. The first kappa shape index (κ1) is 16.8. The highest BCUT2D eigenvalue weighted by Crippen LogP contribution is 2.46. The number of aromatic nitrogens is 3. The summed E-state index contributed by atoms with van der Waals surface area (Å²) in [6, 6.07) is 5.69. The van der Waals surface area contributed by atoms with Crippen LogP contribution in [0.25, 0.3) is 4.91 Å². The first-order valence-corrected chi connectivity index (χ1v) is 10.5. The van der Waals surface area contributed by atoms with Crippen LogP contribution in [-0.4, -0.2) is 37.9 Å². The van der Waals surface area contributed by atoms with Gasteiger partial charge in [-0.1, -0.05) is 17.7 Å². The summed E-state index contributed by atoms with van der Waals surface area (Å²) in [5.41, 5.74) is 4.80. The third-order valence-corrected chi connectivity index (χ3v) is 7.46. The zero-order chi connectivity index (χ0) is 17.4. The molecule has 25 heavy (non-hydrogen) atoms. The molecule has 4 heterocycles. The average molecular weight is 391 g/mol. The minimum Gasteiger partial charge on any atom is -0.288 e. The summed E-state index contributed by atoms with van der Waals surface area (Å²) in [6.45, 7) is 0.683. The van der Waals surface area contributed by atoms with Gasteiger partial charge in [0, 0.05) is 36.6 Å². The maximum Gasteiger partial charge on any atom is 0.132 e. The number of thioether (sulfide) groups is 1. The molecule has 1 N–H and O–H groups in total. The van der Waals surface area contributed by atoms with Crippen molar-refractivity contribution in [3.63, 3.8) is 0 Å². The number of aromatic amines is 1. The molecule has 2 aliphatic heterocycles. The van der Waals surface area contributed by atoms with Gasteiger partial charge < -0.3 is 0 Å². The van der Waals surface area contributed by atoms with E-state index in [1.807, 2.05) is 24.5 Å². The Morgan fingerprint density at radius 3 is 2.96 bits per heavy atom. The van der Waals surface area contributed by atoms with Crippen molar-refractivity contribution in [2.24, 2.45) is 4.99 Å². The molecular weight excluding hydrogens is 376 g/mol. The van der Waals surface area contributed by atoms with E-state index >= 15 is 0 Å². The fourth-order valence-corrected chi connectivity index (χ4v) is 5.98. The van der Waals surface area contributed by atoms with Crippen molar-refractivity contribution in [1.82, 2.24) is 15.2 Å². The van der Waals surface area contributed by atoms with Gasteiger partial charge in [0.15, 0.2) is 0 Å². The lowest BCUT2D eigenvalue weighted by atomic mass is 9.92. The molecule has 0 spiro atoms. The molecule has 0 amide bonds. The van der Waals surface area contributed by atoms with E-state index in [9.17, 15) is 4.21 Å². The number of nitrogens with one attached hydrogen (secondary N) is 1. The zero-order valence-corrected chi connectivity index (χ0v) is 15.8. The number of nitrogens with zero attached hydrogens (tertiary/aromatic N) is 3. The second kappa shape index (κ2) is 6.90. The highest BCUT2D eigenvalue weighted by molar-refractivity contribution is 8.19. The molecule has 0 bridgehead atoms. The number of halogens is 1. The predicted octanol–water partition coefficient (Wildman–Crippen LogP) is 3.59. The SMILES string of the molecule is CSC1=C2C(Cc3cccnc3Cl)=NCCC2=C(c2ccn[nH]2)S1=O. The van der Waals surface area contributed by atoms with E-state index in [1.54, 1.807) is 12.4 Å². The molecular formula is C17H15ClN4OS2. The fraction of sp³-hybridized carbons (Fsp3) is 0.235. The van der Waals surface area contributed by atoms with Crippen molar-refractivity contribution in [2.45, 2.75) is 12.8 Å². The van der Waals surface area contributed by atoms with Crippen molar-refractivity contribution < 1.29 is 4.21 Å².